The van der Waals surface area contributed by atoms with E-state index in [-0.39, 0.29) is 28.0 Å². The van der Waals surface area contributed by atoms with Crippen LogP contribution < -0.4 is 5.32 Å². The van der Waals surface area contributed by atoms with Crippen molar-refractivity contribution in [1.29, 1.82) is 0 Å². The number of halogens is 1. The Kier molecular flexibility index (Phi) is 7.51. The molecular formula is C13H18ClNO4S2. The van der Waals surface area contributed by atoms with Gasteiger partial charge in [0.2, 0.25) is 0 Å². The van der Waals surface area contributed by atoms with Crippen molar-refractivity contribution in [2.45, 2.75) is 11.3 Å². The molecule has 0 saturated heterocycles. The normalized spacial score (nSPS) is 11.4. The van der Waals surface area contributed by atoms with Gasteiger partial charge in [0.05, 0.1) is 9.92 Å². The predicted molar refractivity (Wildman–Crippen MR) is 85.9 cm³/mol. The highest BCUT2D eigenvalue weighted by molar-refractivity contribution is 7.99. The summed E-state index contributed by atoms with van der Waals surface area (Å²) in [6.45, 7) is 0.643. The summed E-state index contributed by atoms with van der Waals surface area (Å²) in [5, 5.41) is 11.4. The van der Waals surface area contributed by atoms with Gasteiger partial charge in [-0.15, -0.1) is 0 Å². The van der Waals surface area contributed by atoms with Gasteiger partial charge in [0.15, 0.2) is 9.84 Å². The molecule has 2 N–H and O–H groups in total. The van der Waals surface area contributed by atoms with E-state index in [1.165, 1.54) is 18.2 Å². The minimum absolute atomic E-state index is 0.0471. The first-order valence-electron chi connectivity index (χ1n) is 6.32. The molecule has 21 heavy (non-hydrogen) atoms. The number of carbonyl (C=O) groups excluding carboxylic acids is 1. The van der Waals surface area contributed by atoms with Crippen molar-refractivity contribution in [3.05, 3.63) is 28.8 Å². The van der Waals surface area contributed by atoms with Crippen LogP contribution in [0.2, 0.25) is 5.02 Å². The van der Waals surface area contributed by atoms with Crippen LogP contribution in [0.5, 0.6) is 0 Å². The highest BCUT2D eigenvalue weighted by Gasteiger charge is 2.15. The lowest BCUT2D eigenvalue weighted by molar-refractivity contribution is 0.0956. The minimum atomic E-state index is -3.46. The summed E-state index contributed by atoms with van der Waals surface area (Å²) < 4.78 is 23.1. The summed E-state index contributed by atoms with van der Waals surface area (Å²) in [6.07, 6.45) is 1.78. The fourth-order valence-electron chi connectivity index (χ4n) is 1.54. The third-order valence-electron chi connectivity index (χ3n) is 2.57. The zero-order valence-electron chi connectivity index (χ0n) is 11.6. The smallest absolute Gasteiger partial charge is 0.251 e. The standard InChI is InChI=1S/C13H18ClNO4S2/c1-21(18,19)12-9-10(3-4-11(12)14)13(17)15-5-8-20-7-2-6-16/h3-4,9,16H,2,5-8H2,1H3,(H,15,17). The van der Waals surface area contributed by atoms with Crippen LogP contribution >= 0.6 is 23.4 Å². The molecule has 118 valence electrons. The second kappa shape index (κ2) is 8.63. The lowest BCUT2D eigenvalue weighted by Gasteiger charge is -2.07. The molecule has 0 saturated carbocycles. The average Bonchev–Trinajstić information content (AvgIpc) is 2.41. The summed E-state index contributed by atoms with van der Waals surface area (Å²) in [5.41, 5.74) is 0.264. The molecule has 0 aromatic heterocycles. The van der Waals surface area contributed by atoms with Crippen molar-refractivity contribution in [3.8, 4) is 0 Å². The van der Waals surface area contributed by atoms with Gasteiger partial charge < -0.3 is 10.4 Å². The molecule has 1 aromatic rings. The number of rotatable bonds is 8. The fraction of sp³-hybridized carbons (Fsp3) is 0.462. The number of aliphatic hydroxyl groups is 1. The number of hydrogen-bond donors (Lipinski definition) is 2. The average molecular weight is 352 g/mol. The maximum Gasteiger partial charge on any atom is 0.251 e. The molecule has 1 amide bonds. The van der Waals surface area contributed by atoms with Crippen molar-refractivity contribution in [1.82, 2.24) is 5.32 Å². The first-order chi connectivity index (χ1) is 9.86. The van der Waals surface area contributed by atoms with E-state index in [0.717, 1.165) is 24.2 Å². The molecule has 0 atom stereocenters. The van der Waals surface area contributed by atoms with Crippen LogP contribution in [0, 0.1) is 0 Å². The Balaban J connectivity index is 2.59. The van der Waals surface area contributed by atoms with Crippen LogP contribution in [0.1, 0.15) is 16.8 Å². The summed E-state index contributed by atoms with van der Waals surface area (Å²) in [5.74, 6) is 1.24. The van der Waals surface area contributed by atoms with Crippen LogP contribution in [0.3, 0.4) is 0 Å². The van der Waals surface area contributed by atoms with E-state index >= 15 is 0 Å². The van der Waals surface area contributed by atoms with E-state index in [2.05, 4.69) is 5.32 Å². The van der Waals surface area contributed by atoms with E-state index < -0.39 is 9.84 Å². The molecule has 0 aliphatic heterocycles. The lowest BCUT2D eigenvalue weighted by Crippen LogP contribution is -2.26. The number of hydrogen-bond acceptors (Lipinski definition) is 5. The predicted octanol–water partition coefficient (Wildman–Crippen LogP) is 1.59. The second-order valence-corrected chi connectivity index (χ2v) is 7.98. The van der Waals surface area contributed by atoms with E-state index in [1.54, 1.807) is 11.8 Å². The minimum Gasteiger partial charge on any atom is -0.396 e. The number of nitrogens with one attached hydrogen (secondary N) is 1. The van der Waals surface area contributed by atoms with Crippen LogP contribution in [-0.4, -0.2) is 50.3 Å². The fourth-order valence-corrected chi connectivity index (χ4v) is 3.62. The number of amides is 1. The van der Waals surface area contributed by atoms with E-state index in [1.807, 2.05) is 0 Å². The van der Waals surface area contributed by atoms with Gasteiger partial charge in [-0.05, 0) is 30.4 Å². The van der Waals surface area contributed by atoms with E-state index in [0.29, 0.717) is 6.54 Å². The highest BCUT2D eigenvalue weighted by Crippen LogP contribution is 2.22. The molecule has 0 aliphatic carbocycles. The van der Waals surface area contributed by atoms with Crippen molar-refractivity contribution in [3.63, 3.8) is 0 Å². The molecular weight excluding hydrogens is 334 g/mol. The number of thioether (sulfide) groups is 1. The molecule has 0 aliphatic rings. The number of aliphatic hydroxyl groups excluding tert-OH is 1. The molecule has 5 nitrogen and oxygen atoms in total. The number of benzene rings is 1. The van der Waals surface area contributed by atoms with Gasteiger partial charge >= 0.3 is 0 Å². The Morgan fingerprint density at radius 1 is 1.38 bits per heavy atom. The van der Waals surface area contributed by atoms with Gasteiger partial charge in [-0.2, -0.15) is 11.8 Å². The van der Waals surface area contributed by atoms with Gasteiger partial charge in [0.1, 0.15) is 0 Å². The lowest BCUT2D eigenvalue weighted by atomic mass is 10.2. The molecule has 1 rings (SSSR count). The van der Waals surface area contributed by atoms with Crippen molar-refractivity contribution >= 4 is 39.1 Å². The summed E-state index contributed by atoms with van der Waals surface area (Å²) in [7, 11) is -3.46. The molecule has 0 heterocycles. The first-order valence-corrected chi connectivity index (χ1v) is 9.75. The maximum absolute atomic E-state index is 11.9. The second-order valence-electron chi connectivity index (χ2n) is 4.36. The van der Waals surface area contributed by atoms with Crippen LogP contribution in [-0.2, 0) is 9.84 Å². The number of carbonyl (C=O) groups is 1. The van der Waals surface area contributed by atoms with E-state index in [9.17, 15) is 13.2 Å². The monoisotopic (exact) mass is 351 g/mol. The van der Waals surface area contributed by atoms with Crippen LogP contribution in [0.15, 0.2) is 23.1 Å². The molecule has 1 aromatic carbocycles. The summed E-state index contributed by atoms with van der Waals surface area (Å²) in [4.78, 5) is 11.9. The Morgan fingerprint density at radius 3 is 2.71 bits per heavy atom. The van der Waals surface area contributed by atoms with Crippen molar-refractivity contribution in [2.75, 3.05) is 30.9 Å². The SMILES string of the molecule is CS(=O)(=O)c1cc(C(=O)NCCSCCCO)ccc1Cl. The number of sulfone groups is 1. The van der Waals surface area contributed by atoms with Gasteiger partial charge in [-0.25, -0.2) is 8.42 Å². The largest absolute Gasteiger partial charge is 0.396 e. The Morgan fingerprint density at radius 2 is 2.10 bits per heavy atom. The zero-order valence-corrected chi connectivity index (χ0v) is 14.0. The third kappa shape index (κ3) is 6.25. The van der Waals surface area contributed by atoms with Gasteiger partial charge in [-0.3, -0.25) is 4.79 Å². The summed E-state index contributed by atoms with van der Waals surface area (Å²) in [6, 6.07) is 4.18. The molecule has 0 fully saturated rings. The quantitative estimate of drug-likeness (QED) is 0.695. The van der Waals surface area contributed by atoms with Crippen molar-refractivity contribution < 1.29 is 18.3 Å². The molecule has 0 bridgehead atoms. The first kappa shape index (κ1) is 18.3. The van der Waals surface area contributed by atoms with Crippen LogP contribution in [0.4, 0.5) is 0 Å². The molecule has 0 radical (unpaired) electrons. The maximum atomic E-state index is 11.9. The molecule has 0 spiro atoms. The molecule has 8 heteroatoms. The summed E-state index contributed by atoms with van der Waals surface area (Å²) >= 11 is 7.46. The Hall–Kier alpha value is -0.760. The molecule has 0 unspecified atom stereocenters. The van der Waals surface area contributed by atoms with Gasteiger partial charge in [0.25, 0.3) is 5.91 Å². The third-order valence-corrected chi connectivity index (χ3v) is 5.22. The highest BCUT2D eigenvalue weighted by atomic mass is 35.5. The van der Waals surface area contributed by atoms with Crippen LogP contribution in [0.25, 0.3) is 0 Å². The van der Waals surface area contributed by atoms with Gasteiger partial charge in [-0.1, -0.05) is 11.6 Å². The van der Waals surface area contributed by atoms with Crippen molar-refractivity contribution in [2.24, 2.45) is 0 Å². The Bertz CT molecular complexity index is 590. The topological polar surface area (TPSA) is 83.5 Å². The Labute approximate surface area is 134 Å². The van der Waals surface area contributed by atoms with E-state index in [4.69, 9.17) is 16.7 Å². The zero-order chi connectivity index (χ0) is 15.9. The van der Waals surface area contributed by atoms with Gasteiger partial charge in [0, 0.05) is 30.7 Å².